The Morgan fingerprint density at radius 1 is 1.00 bits per heavy atom. The minimum absolute atomic E-state index is 0.268. The molecule has 0 radical (unpaired) electrons. The van der Waals surface area contributed by atoms with Crippen LogP contribution in [0.4, 0.5) is 0 Å². The van der Waals surface area contributed by atoms with E-state index in [9.17, 15) is 0 Å². The Kier molecular flexibility index (Phi) is 8.25. The molecule has 1 rings (SSSR count). The van der Waals surface area contributed by atoms with Crippen LogP contribution in [0.5, 0.6) is 0 Å². The fourth-order valence-electron chi connectivity index (χ4n) is 2.94. The van der Waals surface area contributed by atoms with Gasteiger partial charge in [-0.1, -0.05) is 0 Å². The molecule has 1 aliphatic rings. The molecule has 0 spiro atoms. The van der Waals surface area contributed by atoms with E-state index in [4.69, 9.17) is 13.3 Å². The number of hydrogen-bond acceptors (Lipinski definition) is 3. The molecule has 0 fully saturated rings. The van der Waals surface area contributed by atoms with Gasteiger partial charge < -0.3 is 0 Å². The summed E-state index contributed by atoms with van der Waals surface area (Å²) in [6.07, 6.45) is 6.75. The topological polar surface area (TPSA) is 27.7 Å². The van der Waals surface area contributed by atoms with Crippen molar-refractivity contribution >= 4 is 8.80 Å². The molecule has 0 saturated carbocycles. The van der Waals surface area contributed by atoms with Gasteiger partial charge in [0.2, 0.25) is 0 Å². The van der Waals surface area contributed by atoms with Crippen LogP contribution >= 0.6 is 0 Å². The van der Waals surface area contributed by atoms with Crippen LogP contribution in [0.2, 0.25) is 21.5 Å². The van der Waals surface area contributed by atoms with Crippen LogP contribution in [0.1, 0.15) is 40.5 Å². The van der Waals surface area contributed by atoms with Crippen molar-refractivity contribution in [3.63, 3.8) is 0 Å². The Morgan fingerprint density at radius 2 is 1.50 bits per heavy atom. The van der Waals surface area contributed by atoms with Crippen molar-refractivity contribution in [2.45, 2.75) is 62.0 Å². The van der Waals surface area contributed by atoms with Crippen LogP contribution in [-0.2, 0) is 29.3 Å². The van der Waals surface area contributed by atoms with Crippen LogP contribution < -0.4 is 0 Å². The molecule has 0 bridgehead atoms. The summed E-state index contributed by atoms with van der Waals surface area (Å²) in [5.41, 5.74) is 1.73. The van der Waals surface area contributed by atoms with Gasteiger partial charge in [-0.3, -0.25) is 0 Å². The van der Waals surface area contributed by atoms with Crippen LogP contribution in [-0.4, -0.2) is 28.6 Å². The summed E-state index contributed by atoms with van der Waals surface area (Å²) >= 11 is -1.79. The van der Waals surface area contributed by atoms with E-state index in [0.29, 0.717) is 19.8 Å². The molecule has 1 atom stereocenters. The molecule has 0 heterocycles. The predicted octanol–water partition coefficient (Wildman–Crippen LogP) is 5.33. The Morgan fingerprint density at radius 3 is 1.86 bits per heavy atom. The van der Waals surface area contributed by atoms with Crippen LogP contribution in [0.15, 0.2) is 21.7 Å². The summed E-state index contributed by atoms with van der Waals surface area (Å²) in [7, 11) is -2.69. The van der Waals surface area contributed by atoms with Gasteiger partial charge in [-0.05, 0) is 0 Å². The molecule has 0 aliphatic heterocycles. The Bertz CT molecular complexity index is 396. The molecule has 0 aromatic carbocycles. The molecule has 22 heavy (non-hydrogen) atoms. The van der Waals surface area contributed by atoms with Crippen molar-refractivity contribution in [3.8, 4) is 0 Å². The Labute approximate surface area is 141 Å². The summed E-state index contributed by atoms with van der Waals surface area (Å²) in [6.45, 7) is 10.3. The molecule has 0 N–H and O–H groups in total. The van der Waals surface area contributed by atoms with Crippen LogP contribution in [0.3, 0.4) is 0 Å². The molecule has 1 unspecified atom stereocenters. The zero-order valence-electron chi connectivity index (χ0n) is 15.3. The first-order chi connectivity index (χ1) is 10.4. The number of rotatable bonds is 10. The average molecular weight is 510 g/mol. The zero-order valence-corrected chi connectivity index (χ0v) is 18.6. The summed E-state index contributed by atoms with van der Waals surface area (Å²) in [6, 6.07) is 0. The van der Waals surface area contributed by atoms with E-state index in [2.05, 4.69) is 35.0 Å². The third kappa shape index (κ3) is 4.64. The van der Waals surface area contributed by atoms with Crippen LogP contribution in [0, 0.1) is 0 Å². The zero-order chi connectivity index (χ0) is 16.8. The molecule has 0 aromatic heterocycles. The molecule has 0 aromatic rings. The fraction of sp³-hybridized carbons (Fsp3) is 0.765. The number of hydrogen-bond donors (Lipinski definition) is 0. The Balaban J connectivity index is 3.31. The maximum atomic E-state index is 6.18. The van der Waals surface area contributed by atoms with E-state index in [1.165, 1.54) is 5.57 Å². The second-order valence-electron chi connectivity index (χ2n) is 5.72. The van der Waals surface area contributed by atoms with Gasteiger partial charge in [-0.2, -0.15) is 0 Å². The van der Waals surface area contributed by atoms with Gasteiger partial charge >= 0.3 is 142 Å². The molecular formula is C17H34O3PtSi. The third-order valence-corrected chi connectivity index (χ3v) is 12.6. The van der Waals surface area contributed by atoms with Gasteiger partial charge in [0.05, 0.1) is 0 Å². The van der Waals surface area contributed by atoms with Gasteiger partial charge in [0.15, 0.2) is 0 Å². The molecule has 0 amide bonds. The van der Waals surface area contributed by atoms with Gasteiger partial charge in [0.1, 0.15) is 0 Å². The normalized spacial score (nSPS) is 18.1. The van der Waals surface area contributed by atoms with E-state index >= 15 is 0 Å². The van der Waals surface area contributed by atoms with E-state index < -0.39 is 24.9 Å². The van der Waals surface area contributed by atoms with E-state index in [1.54, 1.807) is 3.96 Å². The maximum absolute atomic E-state index is 6.18. The van der Waals surface area contributed by atoms with Crippen molar-refractivity contribution in [2.24, 2.45) is 0 Å². The summed E-state index contributed by atoms with van der Waals surface area (Å²) in [5, 5.41) is 7.40. The van der Waals surface area contributed by atoms with E-state index in [1.807, 2.05) is 20.8 Å². The summed E-state index contributed by atoms with van der Waals surface area (Å²) in [4.78, 5) is 0. The SMILES string of the molecule is CCO[Si](OCC)(OCC)C(CC)C1=[C]([Pt]([CH3])([CH3])[CH3])CC=C1. The predicted molar refractivity (Wildman–Crippen MR) is 93.0 cm³/mol. The van der Waals surface area contributed by atoms with Crippen molar-refractivity contribution in [2.75, 3.05) is 19.8 Å². The quantitative estimate of drug-likeness (QED) is 0.373. The van der Waals surface area contributed by atoms with Crippen LogP contribution in [0.25, 0.3) is 0 Å². The molecule has 3 nitrogen and oxygen atoms in total. The first-order valence-corrected chi connectivity index (χ1v) is 17.8. The van der Waals surface area contributed by atoms with Crippen molar-refractivity contribution in [1.29, 1.82) is 0 Å². The van der Waals surface area contributed by atoms with Gasteiger partial charge in [0.25, 0.3) is 0 Å². The summed E-state index contributed by atoms with van der Waals surface area (Å²) < 4.78 is 20.2. The average Bonchev–Trinajstić information content (AvgIpc) is 2.89. The molecule has 5 heteroatoms. The molecular weight excluding hydrogens is 475 g/mol. The Hall–Kier alpha value is 0.265. The molecule has 0 saturated heterocycles. The van der Waals surface area contributed by atoms with Gasteiger partial charge in [0, 0.05) is 0 Å². The van der Waals surface area contributed by atoms with Crippen molar-refractivity contribution in [1.82, 2.24) is 0 Å². The molecule has 1 aliphatic carbocycles. The monoisotopic (exact) mass is 509 g/mol. The minimum atomic E-state index is -2.69. The first kappa shape index (κ1) is 20.3. The summed E-state index contributed by atoms with van der Waals surface area (Å²) in [5.74, 6) is 0. The standard InChI is InChI=1S/C14H25O3Si.3CH3.Pt/c1-5-14(13-11-9-10-12-13)18(15-6-2,16-7-3)17-8-4;;;;/h9,11,14H,5-8,10H2,1-4H3;3*1H3;. The second-order valence-corrected chi connectivity index (χ2v) is 20.1. The second kappa shape index (κ2) is 8.93. The third-order valence-electron chi connectivity index (χ3n) is 3.70. The number of allylic oxidation sites excluding steroid dienone is 4. The fourth-order valence-corrected chi connectivity index (χ4v) is 10.7. The van der Waals surface area contributed by atoms with E-state index in [0.717, 1.165) is 12.8 Å². The van der Waals surface area contributed by atoms with Gasteiger partial charge in [-0.25, -0.2) is 0 Å². The first-order valence-electron chi connectivity index (χ1n) is 8.03. The van der Waals surface area contributed by atoms with Crippen molar-refractivity contribution < 1.29 is 29.3 Å². The van der Waals surface area contributed by atoms with E-state index in [-0.39, 0.29) is 5.54 Å². The van der Waals surface area contributed by atoms with Crippen molar-refractivity contribution in [3.05, 3.63) is 21.7 Å². The molecule has 134 valence electrons. The van der Waals surface area contributed by atoms with Gasteiger partial charge in [-0.15, -0.1) is 0 Å².